The molecule has 0 aliphatic carbocycles. The number of hydrogen-bond acceptors (Lipinski definition) is 5. The number of piperidine rings is 1. The van der Waals surface area contributed by atoms with Gasteiger partial charge in [-0.25, -0.2) is 9.78 Å². The number of thiophene rings is 1. The second-order valence-corrected chi connectivity index (χ2v) is 10.5. The van der Waals surface area contributed by atoms with Crippen LogP contribution in [-0.4, -0.2) is 58.8 Å². The van der Waals surface area contributed by atoms with E-state index in [4.69, 9.17) is 5.73 Å². The monoisotopic (exact) mass is 491 g/mol. The smallest absolute Gasteiger partial charge is 0.314 e. The summed E-state index contributed by atoms with van der Waals surface area (Å²) in [6.07, 6.45) is 10.8. The van der Waals surface area contributed by atoms with E-state index in [0.29, 0.717) is 44.7 Å². The van der Waals surface area contributed by atoms with Gasteiger partial charge in [-0.1, -0.05) is 17.7 Å². The maximum atomic E-state index is 12.8. The predicted molar refractivity (Wildman–Crippen MR) is 136 cm³/mol. The molecule has 5 heterocycles. The zero-order chi connectivity index (χ0) is 24.4. The number of primary amides is 1. The maximum absolute atomic E-state index is 12.8. The summed E-state index contributed by atoms with van der Waals surface area (Å²) < 4.78 is 0. The Hall–Kier alpha value is -3.46. The Kier molecular flexibility index (Phi) is 6.42. The van der Waals surface area contributed by atoms with Gasteiger partial charge < -0.3 is 20.9 Å². The third-order valence-electron chi connectivity index (χ3n) is 7.28. The Morgan fingerprint density at radius 1 is 1.23 bits per heavy atom. The summed E-state index contributed by atoms with van der Waals surface area (Å²) in [4.78, 5) is 46.3. The second kappa shape index (κ2) is 9.65. The van der Waals surface area contributed by atoms with Gasteiger partial charge in [0.25, 0.3) is 0 Å². The molecule has 182 valence electrons. The first kappa shape index (κ1) is 23.3. The van der Waals surface area contributed by atoms with E-state index < -0.39 is 11.4 Å². The summed E-state index contributed by atoms with van der Waals surface area (Å²) in [5.74, 6) is 0.510. The first-order chi connectivity index (χ1) is 16.9. The summed E-state index contributed by atoms with van der Waals surface area (Å²) >= 11 is 1.77. The van der Waals surface area contributed by atoms with Gasteiger partial charge in [0.05, 0.1) is 5.41 Å². The highest BCUT2D eigenvalue weighted by molar-refractivity contribution is 7.09. The number of nitrogens with one attached hydrogen (secondary N) is 1. The van der Waals surface area contributed by atoms with Crippen LogP contribution in [0.5, 0.6) is 0 Å². The summed E-state index contributed by atoms with van der Waals surface area (Å²) in [7, 11) is 0. The van der Waals surface area contributed by atoms with E-state index in [1.165, 1.54) is 10.5 Å². The standard InChI is InChI=1S/C26H29N5O3S/c27-25(34)31-11-7-26(8-12-31)16-20-14-19(17-28-23(20)29-24(26)33)3-4-22(32)30-9-5-18(6-10-30)15-21-2-1-13-35-21/h1-5,13-14,17H,6-12,15-16H2,(H2,27,34)(H,28,29,33). The van der Waals surface area contributed by atoms with Crippen molar-refractivity contribution in [2.45, 2.75) is 32.1 Å². The molecule has 4 amide bonds. The van der Waals surface area contributed by atoms with Crippen LogP contribution in [0.1, 0.15) is 35.3 Å². The number of urea groups is 1. The van der Waals surface area contributed by atoms with Crippen LogP contribution in [0.25, 0.3) is 6.08 Å². The molecule has 2 aromatic rings. The molecule has 0 bridgehead atoms. The number of amides is 4. The summed E-state index contributed by atoms with van der Waals surface area (Å²) in [5.41, 5.74) is 8.00. The van der Waals surface area contributed by atoms with Gasteiger partial charge in [-0.3, -0.25) is 9.59 Å². The first-order valence-electron chi connectivity index (χ1n) is 11.9. The Labute approximate surface area is 208 Å². The van der Waals surface area contributed by atoms with Crippen LogP contribution < -0.4 is 11.1 Å². The molecule has 0 aromatic carbocycles. The molecule has 8 nitrogen and oxygen atoms in total. The fourth-order valence-electron chi connectivity index (χ4n) is 5.09. The number of likely N-dealkylation sites (tertiary alicyclic amines) is 1. The van der Waals surface area contributed by atoms with Gasteiger partial charge in [-0.2, -0.15) is 0 Å². The first-order valence-corrected chi connectivity index (χ1v) is 12.8. The number of pyridine rings is 1. The van der Waals surface area contributed by atoms with E-state index in [0.717, 1.165) is 30.5 Å². The lowest BCUT2D eigenvalue weighted by Crippen LogP contribution is -2.52. The quantitative estimate of drug-likeness (QED) is 0.506. The number of aromatic nitrogens is 1. The fourth-order valence-corrected chi connectivity index (χ4v) is 5.85. The number of carbonyl (C=O) groups is 3. The van der Waals surface area contributed by atoms with Crippen molar-refractivity contribution in [3.63, 3.8) is 0 Å². The van der Waals surface area contributed by atoms with Crippen molar-refractivity contribution >= 4 is 41.1 Å². The Morgan fingerprint density at radius 2 is 2.06 bits per heavy atom. The molecule has 9 heteroatoms. The Morgan fingerprint density at radius 3 is 2.74 bits per heavy atom. The van der Waals surface area contributed by atoms with Crippen molar-refractivity contribution in [3.8, 4) is 0 Å². The molecule has 35 heavy (non-hydrogen) atoms. The molecule has 1 spiro atoms. The molecule has 1 saturated heterocycles. The van der Waals surface area contributed by atoms with Gasteiger partial charge >= 0.3 is 6.03 Å². The van der Waals surface area contributed by atoms with Crippen molar-refractivity contribution in [2.75, 3.05) is 31.5 Å². The van der Waals surface area contributed by atoms with Gasteiger partial charge in [0.2, 0.25) is 11.8 Å². The van der Waals surface area contributed by atoms with Crippen molar-refractivity contribution in [1.82, 2.24) is 14.8 Å². The van der Waals surface area contributed by atoms with Crippen LogP contribution in [0, 0.1) is 5.41 Å². The highest BCUT2D eigenvalue weighted by atomic mass is 32.1. The molecular formula is C26H29N5O3S. The van der Waals surface area contributed by atoms with E-state index in [2.05, 4.69) is 33.9 Å². The number of carbonyl (C=O) groups excluding carboxylic acids is 3. The number of nitrogens with two attached hydrogens (primary N) is 1. The highest BCUT2D eigenvalue weighted by Crippen LogP contribution is 2.41. The zero-order valence-electron chi connectivity index (χ0n) is 19.5. The van der Waals surface area contributed by atoms with Crippen molar-refractivity contribution in [2.24, 2.45) is 11.1 Å². The van der Waals surface area contributed by atoms with Gasteiger partial charge in [0, 0.05) is 49.7 Å². The number of hydrogen-bond donors (Lipinski definition) is 2. The number of nitrogens with zero attached hydrogens (tertiary/aromatic N) is 3. The normalized spacial score (nSPS) is 19.4. The lowest BCUT2D eigenvalue weighted by molar-refractivity contribution is -0.128. The number of fused-ring (bicyclic) bond motifs is 1. The minimum atomic E-state index is -0.556. The molecule has 3 aliphatic heterocycles. The molecule has 2 aromatic heterocycles. The molecule has 3 N–H and O–H groups in total. The summed E-state index contributed by atoms with van der Waals surface area (Å²) in [6, 6.07) is 5.76. The summed E-state index contributed by atoms with van der Waals surface area (Å²) in [5, 5.41) is 5.03. The third-order valence-corrected chi connectivity index (χ3v) is 8.15. The van der Waals surface area contributed by atoms with Gasteiger partial charge in [-0.05, 0) is 60.4 Å². The van der Waals surface area contributed by atoms with Crippen molar-refractivity contribution in [1.29, 1.82) is 0 Å². The molecule has 0 saturated carbocycles. The molecule has 0 atom stereocenters. The summed E-state index contributed by atoms with van der Waals surface area (Å²) in [6.45, 7) is 2.29. The molecule has 3 aliphatic rings. The van der Waals surface area contributed by atoms with Crippen LogP contribution in [-0.2, 0) is 22.4 Å². The largest absolute Gasteiger partial charge is 0.351 e. The number of anilines is 1. The SMILES string of the molecule is NC(=O)N1CCC2(CC1)Cc1cc(C=CC(=O)N3CC=C(Cc4cccs4)CC3)cnc1NC2=O. The van der Waals surface area contributed by atoms with Crippen molar-refractivity contribution in [3.05, 3.63) is 63.5 Å². The maximum Gasteiger partial charge on any atom is 0.314 e. The molecular weight excluding hydrogens is 462 g/mol. The predicted octanol–water partition coefficient (Wildman–Crippen LogP) is 3.21. The lowest BCUT2D eigenvalue weighted by atomic mass is 9.71. The minimum absolute atomic E-state index is 0.0160. The highest BCUT2D eigenvalue weighted by Gasteiger charge is 2.45. The van der Waals surface area contributed by atoms with Gasteiger partial charge in [0.1, 0.15) is 5.82 Å². The van der Waals surface area contributed by atoms with Gasteiger partial charge in [-0.15, -0.1) is 11.3 Å². The van der Waals surface area contributed by atoms with E-state index in [1.807, 2.05) is 11.0 Å². The minimum Gasteiger partial charge on any atom is -0.351 e. The van der Waals surface area contributed by atoms with Gasteiger partial charge in [0.15, 0.2) is 0 Å². The zero-order valence-corrected chi connectivity index (χ0v) is 20.4. The van der Waals surface area contributed by atoms with E-state index in [-0.39, 0.29) is 11.8 Å². The van der Waals surface area contributed by atoms with E-state index >= 15 is 0 Å². The van der Waals surface area contributed by atoms with E-state index in [9.17, 15) is 14.4 Å². The Bertz CT molecular complexity index is 1200. The van der Waals surface area contributed by atoms with Crippen LogP contribution in [0.2, 0.25) is 0 Å². The van der Waals surface area contributed by atoms with Crippen molar-refractivity contribution < 1.29 is 14.4 Å². The molecule has 0 unspecified atom stereocenters. The van der Waals surface area contributed by atoms with Crippen LogP contribution in [0.15, 0.2) is 47.5 Å². The number of rotatable bonds is 4. The average Bonchev–Trinajstić information content (AvgIpc) is 3.37. The van der Waals surface area contributed by atoms with Crippen LogP contribution >= 0.6 is 11.3 Å². The Balaban J connectivity index is 1.22. The van der Waals surface area contributed by atoms with E-state index in [1.54, 1.807) is 34.6 Å². The average molecular weight is 492 g/mol. The molecule has 0 radical (unpaired) electrons. The fraction of sp³-hybridized carbons (Fsp3) is 0.385. The second-order valence-electron chi connectivity index (χ2n) is 9.50. The third kappa shape index (κ3) is 5.00. The van der Waals surface area contributed by atoms with Crippen LogP contribution in [0.3, 0.4) is 0 Å². The van der Waals surface area contributed by atoms with Crippen LogP contribution in [0.4, 0.5) is 10.6 Å². The molecule has 1 fully saturated rings. The topological polar surface area (TPSA) is 109 Å². The lowest BCUT2D eigenvalue weighted by Gasteiger charge is -2.42. The molecule has 5 rings (SSSR count).